The lowest BCUT2D eigenvalue weighted by Crippen LogP contribution is -2.36. The van der Waals surface area contributed by atoms with Crippen LogP contribution in [0.3, 0.4) is 0 Å². The van der Waals surface area contributed by atoms with Gasteiger partial charge in [-0.3, -0.25) is 0 Å². The van der Waals surface area contributed by atoms with Gasteiger partial charge in [-0.15, -0.1) is 0 Å². The molecule has 1 fully saturated rings. The molecule has 0 radical (unpaired) electrons. The summed E-state index contributed by atoms with van der Waals surface area (Å²) < 4.78 is 27.2. The molecule has 1 aromatic rings. The number of hydrogen-bond donors (Lipinski definition) is 2. The fourth-order valence-corrected chi connectivity index (χ4v) is 4.02. The molecule has 2 aliphatic rings. The van der Waals surface area contributed by atoms with E-state index in [0.29, 0.717) is 12.6 Å². The van der Waals surface area contributed by atoms with Gasteiger partial charge >= 0.3 is 0 Å². The van der Waals surface area contributed by atoms with Gasteiger partial charge in [0.1, 0.15) is 0 Å². The van der Waals surface area contributed by atoms with Gasteiger partial charge in [0.2, 0.25) is 10.0 Å². The molecule has 0 spiro atoms. The molecule has 3 rings (SSSR count). The maximum Gasteiger partial charge on any atom is 0.213 e. The standard InChI is InChI=1S/C15H22N2O2S/c18-20(19,11-10-16-13-8-9-13)17-15-7-3-5-12-4-1-2-6-14(12)15/h1-2,4,6,13,15-17H,3,5,7-11H2. The van der Waals surface area contributed by atoms with Crippen LogP contribution in [0.25, 0.3) is 0 Å². The summed E-state index contributed by atoms with van der Waals surface area (Å²) in [4.78, 5) is 0. The minimum atomic E-state index is -3.20. The molecule has 0 amide bonds. The van der Waals surface area contributed by atoms with Crippen molar-refractivity contribution in [3.05, 3.63) is 35.4 Å². The van der Waals surface area contributed by atoms with Crippen LogP contribution < -0.4 is 10.0 Å². The molecule has 1 aromatic carbocycles. The summed E-state index contributed by atoms with van der Waals surface area (Å²) in [5, 5.41) is 3.25. The Morgan fingerprint density at radius 3 is 2.75 bits per heavy atom. The van der Waals surface area contributed by atoms with Gasteiger partial charge in [-0.2, -0.15) is 0 Å². The van der Waals surface area contributed by atoms with Gasteiger partial charge in [-0.05, 0) is 43.2 Å². The minimum Gasteiger partial charge on any atom is -0.313 e. The molecule has 0 heterocycles. The maximum absolute atomic E-state index is 12.2. The molecule has 110 valence electrons. The summed E-state index contributed by atoms with van der Waals surface area (Å²) in [7, 11) is -3.20. The van der Waals surface area contributed by atoms with Crippen LogP contribution in [0.15, 0.2) is 24.3 Å². The highest BCUT2D eigenvalue weighted by Gasteiger charge is 2.25. The first-order valence-corrected chi connectivity index (χ1v) is 9.10. The fraction of sp³-hybridized carbons (Fsp3) is 0.600. The van der Waals surface area contributed by atoms with Crippen molar-refractivity contribution in [2.24, 2.45) is 0 Å². The van der Waals surface area contributed by atoms with Gasteiger partial charge < -0.3 is 5.32 Å². The zero-order valence-corrected chi connectivity index (χ0v) is 12.5. The van der Waals surface area contributed by atoms with E-state index in [1.54, 1.807) is 0 Å². The molecule has 5 heteroatoms. The van der Waals surface area contributed by atoms with Crippen molar-refractivity contribution in [3.63, 3.8) is 0 Å². The topological polar surface area (TPSA) is 58.2 Å². The number of sulfonamides is 1. The second kappa shape index (κ2) is 5.84. The number of benzene rings is 1. The van der Waals surface area contributed by atoms with Crippen molar-refractivity contribution in [2.75, 3.05) is 12.3 Å². The molecule has 0 saturated heterocycles. The predicted molar refractivity (Wildman–Crippen MR) is 80.1 cm³/mol. The smallest absolute Gasteiger partial charge is 0.213 e. The highest BCUT2D eigenvalue weighted by Crippen LogP contribution is 2.29. The van der Waals surface area contributed by atoms with E-state index < -0.39 is 10.0 Å². The van der Waals surface area contributed by atoms with Crippen LogP contribution in [-0.2, 0) is 16.4 Å². The van der Waals surface area contributed by atoms with Crippen molar-refractivity contribution in [3.8, 4) is 0 Å². The van der Waals surface area contributed by atoms with Crippen molar-refractivity contribution in [2.45, 2.75) is 44.2 Å². The summed E-state index contributed by atoms with van der Waals surface area (Å²) in [6.45, 7) is 0.550. The third-order valence-corrected chi connectivity index (χ3v) is 5.46. The lowest BCUT2D eigenvalue weighted by molar-refractivity contribution is 0.506. The van der Waals surface area contributed by atoms with Gasteiger partial charge in [-0.25, -0.2) is 13.1 Å². The SMILES string of the molecule is O=S(=O)(CCNC1CC1)NC1CCCc2ccccc21. The number of nitrogens with one attached hydrogen (secondary N) is 2. The van der Waals surface area contributed by atoms with E-state index >= 15 is 0 Å². The Bertz CT molecular complexity index is 567. The quantitative estimate of drug-likeness (QED) is 0.840. The van der Waals surface area contributed by atoms with E-state index in [2.05, 4.69) is 16.1 Å². The van der Waals surface area contributed by atoms with Gasteiger partial charge in [0.05, 0.1) is 5.75 Å². The Morgan fingerprint density at radius 1 is 1.15 bits per heavy atom. The van der Waals surface area contributed by atoms with Crippen molar-refractivity contribution < 1.29 is 8.42 Å². The van der Waals surface area contributed by atoms with Crippen molar-refractivity contribution in [1.29, 1.82) is 0 Å². The summed E-state index contributed by atoms with van der Waals surface area (Å²) in [5.41, 5.74) is 2.43. The zero-order chi connectivity index (χ0) is 14.0. The lowest BCUT2D eigenvalue weighted by Gasteiger charge is -2.26. The minimum absolute atomic E-state index is 0.0501. The number of fused-ring (bicyclic) bond motifs is 1. The Balaban J connectivity index is 1.61. The number of aryl methyl sites for hydroxylation is 1. The van der Waals surface area contributed by atoms with Gasteiger partial charge in [0, 0.05) is 18.6 Å². The highest BCUT2D eigenvalue weighted by molar-refractivity contribution is 7.89. The van der Waals surface area contributed by atoms with E-state index in [-0.39, 0.29) is 11.8 Å². The summed E-state index contributed by atoms with van der Waals surface area (Å²) in [5.74, 6) is 0.169. The largest absolute Gasteiger partial charge is 0.313 e. The summed E-state index contributed by atoms with van der Waals surface area (Å²) in [6.07, 6.45) is 5.36. The average Bonchev–Trinajstić information content (AvgIpc) is 3.23. The molecule has 0 bridgehead atoms. The second-order valence-electron chi connectivity index (χ2n) is 5.81. The van der Waals surface area contributed by atoms with Crippen LogP contribution in [0.5, 0.6) is 0 Å². The molecule has 1 saturated carbocycles. The van der Waals surface area contributed by atoms with E-state index in [9.17, 15) is 8.42 Å². The molecule has 0 aliphatic heterocycles. The molecule has 20 heavy (non-hydrogen) atoms. The molecule has 2 aliphatic carbocycles. The van der Waals surface area contributed by atoms with E-state index in [4.69, 9.17) is 0 Å². The zero-order valence-electron chi connectivity index (χ0n) is 11.6. The van der Waals surface area contributed by atoms with Gasteiger partial charge in [0.15, 0.2) is 0 Å². The molecular formula is C15H22N2O2S. The van der Waals surface area contributed by atoms with E-state index in [1.807, 2.05) is 18.2 Å². The van der Waals surface area contributed by atoms with Crippen LogP contribution in [0.4, 0.5) is 0 Å². The van der Waals surface area contributed by atoms with Crippen LogP contribution in [-0.4, -0.2) is 26.8 Å². The number of rotatable bonds is 6. The molecular weight excluding hydrogens is 272 g/mol. The third-order valence-electron chi connectivity index (χ3n) is 4.07. The average molecular weight is 294 g/mol. The molecule has 1 unspecified atom stereocenters. The maximum atomic E-state index is 12.2. The molecule has 1 atom stereocenters. The molecule has 4 nitrogen and oxygen atoms in total. The van der Waals surface area contributed by atoms with Crippen LogP contribution in [0, 0.1) is 0 Å². The molecule has 0 aromatic heterocycles. The van der Waals surface area contributed by atoms with Gasteiger partial charge in [-0.1, -0.05) is 24.3 Å². The first kappa shape index (κ1) is 14.0. The Labute approximate surface area is 121 Å². The Hall–Kier alpha value is -0.910. The van der Waals surface area contributed by atoms with E-state index in [0.717, 1.165) is 24.8 Å². The normalized spacial score (nSPS) is 22.5. The Kier molecular flexibility index (Phi) is 4.10. The predicted octanol–water partition coefficient (Wildman–Crippen LogP) is 1.74. The van der Waals surface area contributed by atoms with Crippen LogP contribution >= 0.6 is 0 Å². The van der Waals surface area contributed by atoms with Crippen LogP contribution in [0.1, 0.15) is 42.9 Å². The number of hydrogen-bond acceptors (Lipinski definition) is 3. The monoisotopic (exact) mass is 294 g/mol. The third kappa shape index (κ3) is 3.59. The summed E-state index contributed by atoms with van der Waals surface area (Å²) in [6, 6.07) is 8.66. The second-order valence-corrected chi connectivity index (χ2v) is 7.68. The fourth-order valence-electron chi connectivity index (χ4n) is 2.84. The van der Waals surface area contributed by atoms with Crippen molar-refractivity contribution in [1.82, 2.24) is 10.0 Å². The first-order valence-electron chi connectivity index (χ1n) is 7.45. The Morgan fingerprint density at radius 2 is 1.95 bits per heavy atom. The molecule has 2 N–H and O–H groups in total. The van der Waals surface area contributed by atoms with Gasteiger partial charge in [0.25, 0.3) is 0 Å². The highest BCUT2D eigenvalue weighted by atomic mass is 32.2. The summed E-state index contributed by atoms with van der Waals surface area (Å²) >= 11 is 0. The first-order chi connectivity index (χ1) is 9.64. The van der Waals surface area contributed by atoms with E-state index in [1.165, 1.54) is 18.4 Å². The van der Waals surface area contributed by atoms with Crippen LogP contribution in [0.2, 0.25) is 0 Å². The lowest BCUT2D eigenvalue weighted by atomic mass is 9.88. The van der Waals surface area contributed by atoms with Crippen molar-refractivity contribution >= 4 is 10.0 Å².